The van der Waals surface area contributed by atoms with Crippen molar-refractivity contribution in [1.82, 2.24) is 14.9 Å². The number of amides is 1. The molecule has 0 unspecified atom stereocenters. The molecule has 2 aliphatic rings. The summed E-state index contributed by atoms with van der Waals surface area (Å²) in [4.78, 5) is 42.4. The van der Waals surface area contributed by atoms with Gasteiger partial charge in [-0.15, -0.1) is 0 Å². The van der Waals surface area contributed by atoms with Gasteiger partial charge in [-0.05, 0) is 43.5 Å². The van der Waals surface area contributed by atoms with Crippen molar-refractivity contribution >= 4 is 22.8 Å². The molecule has 9 heteroatoms. The van der Waals surface area contributed by atoms with Crippen molar-refractivity contribution in [2.45, 2.75) is 58.9 Å². The van der Waals surface area contributed by atoms with Crippen molar-refractivity contribution in [2.75, 3.05) is 0 Å². The van der Waals surface area contributed by atoms with Gasteiger partial charge in [0.15, 0.2) is 5.60 Å². The van der Waals surface area contributed by atoms with E-state index in [0.29, 0.717) is 27.9 Å². The van der Waals surface area contributed by atoms with Crippen molar-refractivity contribution in [1.29, 1.82) is 0 Å². The third-order valence-corrected chi connectivity index (χ3v) is 6.86. The van der Waals surface area contributed by atoms with Gasteiger partial charge in [-0.1, -0.05) is 6.92 Å². The second-order valence-electron chi connectivity index (χ2n) is 9.00. The number of pyridine rings is 2. The molecular formula is C25H24FN3O5. The van der Waals surface area contributed by atoms with Gasteiger partial charge in [0.2, 0.25) is 5.91 Å². The van der Waals surface area contributed by atoms with Crippen molar-refractivity contribution in [2.24, 2.45) is 0 Å². The van der Waals surface area contributed by atoms with Crippen LogP contribution < -0.4 is 10.9 Å². The fourth-order valence-corrected chi connectivity index (χ4v) is 5.11. The Kier molecular flexibility index (Phi) is 4.87. The van der Waals surface area contributed by atoms with E-state index in [1.165, 1.54) is 17.6 Å². The van der Waals surface area contributed by atoms with Gasteiger partial charge in [-0.3, -0.25) is 9.59 Å². The van der Waals surface area contributed by atoms with Crippen LogP contribution in [0.15, 0.2) is 23.0 Å². The Balaban J connectivity index is 1.84. The van der Waals surface area contributed by atoms with Gasteiger partial charge in [-0.2, -0.15) is 0 Å². The molecule has 0 radical (unpaired) electrons. The largest absolute Gasteiger partial charge is 0.458 e. The summed E-state index contributed by atoms with van der Waals surface area (Å²) >= 11 is 0. The topological polar surface area (TPSA) is 111 Å². The van der Waals surface area contributed by atoms with Crippen LogP contribution in [-0.2, 0) is 33.1 Å². The van der Waals surface area contributed by atoms with Crippen LogP contribution in [0.3, 0.4) is 0 Å². The molecule has 2 N–H and O–H groups in total. The minimum absolute atomic E-state index is 0.0367. The van der Waals surface area contributed by atoms with Crippen LogP contribution >= 0.6 is 0 Å². The van der Waals surface area contributed by atoms with E-state index < -0.39 is 23.4 Å². The monoisotopic (exact) mass is 465 g/mol. The van der Waals surface area contributed by atoms with E-state index in [0.717, 1.165) is 11.1 Å². The van der Waals surface area contributed by atoms with Gasteiger partial charge >= 0.3 is 5.97 Å². The summed E-state index contributed by atoms with van der Waals surface area (Å²) in [6.45, 7) is 6.51. The molecule has 2 atom stereocenters. The number of hydrogen-bond donors (Lipinski definition) is 2. The van der Waals surface area contributed by atoms with Gasteiger partial charge in [0.25, 0.3) is 5.56 Å². The Labute approximate surface area is 194 Å². The minimum Gasteiger partial charge on any atom is -0.458 e. The number of carbonyl (C=O) groups is 2. The highest BCUT2D eigenvalue weighted by Crippen LogP contribution is 2.41. The molecule has 0 spiro atoms. The second-order valence-corrected chi connectivity index (χ2v) is 9.00. The van der Waals surface area contributed by atoms with E-state index in [-0.39, 0.29) is 42.2 Å². The van der Waals surface area contributed by atoms with Crippen LogP contribution in [0.2, 0.25) is 0 Å². The average molecular weight is 465 g/mol. The van der Waals surface area contributed by atoms with Gasteiger partial charge < -0.3 is 19.7 Å². The molecule has 1 amide bonds. The van der Waals surface area contributed by atoms with Gasteiger partial charge in [0.05, 0.1) is 35.1 Å². The Morgan fingerprint density at radius 1 is 1.32 bits per heavy atom. The Bertz CT molecular complexity index is 1480. The number of cyclic esters (lactones) is 1. The molecule has 0 bridgehead atoms. The highest BCUT2D eigenvalue weighted by atomic mass is 19.1. The maximum absolute atomic E-state index is 14.5. The number of fused-ring (bicyclic) bond motifs is 5. The zero-order valence-corrected chi connectivity index (χ0v) is 19.3. The zero-order valence-electron chi connectivity index (χ0n) is 19.3. The number of nitrogens with zero attached hydrogens (tertiary/aromatic N) is 2. The number of esters is 1. The Hall–Kier alpha value is -3.59. The number of aryl methyl sites for hydroxylation is 1. The highest BCUT2D eigenvalue weighted by Gasteiger charge is 2.45. The van der Waals surface area contributed by atoms with Gasteiger partial charge in [-0.25, -0.2) is 14.2 Å². The number of aromatic nitrogens is 2. The molecule has 0 aliphatic carbocycles. The number of benzene rings is 1. The maximum atomic E-state index is 14.5. The van der Waals surface area contributed by atoms with Gasteiger partial charge in [0, 0.05) is 29.5 Å². The minimum atomic E-state index is -1.93. The molecule has 2 aliphatic heterocycles. The molecule has 5 rings (SSSR count). The third-order valence-electron chi connectivity index (χ3n) is 6.86. The first-order valence-corrected chi connectivity index (χ1v) is 11.1. The number of nitrogens with one attached hydrogen (secondary N) is 1. The van der Waals surface area contributed by atoms with Crippen LogP contribution in [0.5, 0.6) is 0 Å². The number of halogens is 1. The summed E-state index contributed by atoms with van der Waals surface area (Å²) in [7, 11) is 0. The number of rotatable bonds is 3. The number of ether oxygens (including phenoxy) is 1. The second kappa shape index (κ2) is 7.46. The van der Waals surface area contributed by atoms with E-state index in [2.05, 4.69) is 5.32 Å². The molecule has 34 heavy (non-hydrogen) atoms. The van der Waals surface area contributed by atoms with Crippen LogP contribution in [-0.4, -0.2) is 26.5 Å². The van der Waals surface area contributed by atoms with E-state index >= 15 is 0 Å². The summed E-state index contributed by atoms with van der Waals surface area (Å²) in [6.07, 6.45) is 0.0367. The smallest absolute Gasteiger partial charge is 0.343 e. The van der Waals surface area contributed by atoms with Gasteiger partial charge in [0.1, 0.15) is 12.4 Å². The van der Waals surface area contributed by atoms with E-state index in [1.807, 2.05) is 6.92 Å². The third kappa shape index (κ3) is 3.00. The van der Waals surface area contributed by atoms with E-state index in [1.54, 1.807) is 26.0 Å². The van der Waals surface area contributed by atoms with E-state index in [9.17, 15) is 23.9 Å². The summed E-state index contributed by atoms with van der Waals surface area (Å²) in [5.41, 5.74) is 1.32. The molecule has 1 aromatic carbocycles. The normalized spacial score (nSPS) is 19.3. The lowest BCUT2D eigenvalue weighted by Crippen LogP contribution is -2.44. The summed E-state index contributed by atoms with van der Waals surface area (Å²) in [5, 5.41) is 14.6. The fourth-order valence-electron chi connectivity index (χ4n) is 5.11. The highest BCUT2D eigenvalue weighted by molar-refractivity contribution is 5.90. The Morgan fingerprint density at radius 3 is 2.74 bits per heavy atom. The lowest BCUT2D eigenvalue weighted by Gasteiger charge is -2.31. The SMILES string of the molecule is CC[C@@]1(O)C(=O)OCc2c1cc1n(c2=O)Cc2c-1nc1cc(F)c(C)cc1c2[C@H](C)NC(C)=O. The van der Waals surface area contributed by atoms with Crippen molar-refractivity contribution in [3.05, 3.63) is 62.2 Å². The van der Waals surface area contributed by atoms with Crippen molar-refractivity contribution in [3.8, 4) is 11.4 Å². The molecule has 0 fully saturated rings. The first-order chi connectivity index (χ1) is 16.1. The summed E-state index contributed by atoms with van der Waals surface area (Å²) in [5.74, 6) is -1.44. The number of aliphatic hydroxyl groups is 1. The lowest BCUT2D eigenvalue weighted by atomic mass is 9.86. The maximum Gasteiger partial charge on any atom is 0.343 e. The molecule has 4 heterocycles. The lowest BCUT2D eigenvalue weighted by molar-refractivity contribution is -0.172. The predicted molar refractivity (Wildman–Crippen MR) is 121 cm³/mol. The standard InChI is InChI=1S/C25H24FN3O5/c1-5-25(33)17-7-20-22-15(9-29(20)23(31)16(17)10-34-24(25)32)21(12(3)27-13(4)30)14-6-11(2)18(26)8-19(14)28-22/h6-8,12,33H,5,9-10H2,1-4H3,(H,27,30)/t12-,25-/m0/s1. The molecule has 176 valence electrons. The van der Waals surface area contributed by atoms with E-state index in [4.69, 9.17) is 9.72 Å². The number of hydrogen-bond acceptors (Lipinski definition) is 6. The molecule has 2 aromatic heterocycles. The van der Waals surface area contributed by atoms with Crippen LogP contribution in [0, 0.1) is 12.7 Å². The summed E-state index contributed by atoms with van der Waals surface area (Å²) < 4.78 is 21.1. The van der Waals surface area contributed by atoms with Crippen LogP contribution in [0.1, 0.15) is 61.1 Å². The van der Waals surface area contributed by atoms with Crippen molar-refractivity contribution in [3.63, 3.8) is 0 Å². The first kappa shape index (κ1) is 22.2. The van der Waals surface area contributed by atoms with Crippen molar-refractivity contribution < 1.29 is 23.8 Å². The molecule has 3 aromatic rings. The molecule has 0 saturated carbocycles. The van der Waals surface area contributed by atoms with Crippen LogP contribution in [0.4, 0.5) is 4.39 Å². The molecule has 8 nitrogen and oxygen atoms in total. The van der Waals surface area contributed by atoms with Crippen LogP contribution in [0.25, 0.3) is 22.3 Å². The fraction of sp³-hybridized carbons (Fsp3) is 0.360. The zero-order chi connectivity index (χ0) is 24.5. The molecule has 0 saturated heterocycles. The quantitative estimate of drug-likeness (QED) is 0.450. The summed E-state index contributed by atoms with van der Waals surface area (Å²) in [6, 6.07) is 4.22. The number of carbonyl (C=O) groups excluding carboxylic acids is 2. The first-order valence-electron chi connectivity index (χ1n) is 11.1. The Morgan fingerprint density at radius 2 is 2.06 bits per heavy atom. The average Bonchev–Trinajstić information content (AvgIpc) is 3.14. The molecular weight excluding hydrogens is 441 g/mol. The predicted octanol–water partition coefficient (Wildman–Crippen LogP) is 2.72.